The fraction of sp³-hybridized carbons (Fsp3) is 0.348. The molecule has 1 heterocycles. The molecule has 0 bridgehead atoms. The van der Waals surface area contributed by atoms with Crippen LogP contribution in [0.4, 0.5) is 5.69 Å². The summed E-state index contributed by atoms with van der Waals surface area (Å²) < 4.78 is 30.7. The summed E-state index contributed by atoms with van der Waals surface area (Å²) in [5.74, 6) is 1.21. The van der Waals surface area contributed by atoms with E-state index in [9.17, 15) is 8.42 Å². The van der Waals surface area contributed by atoms with E-state index in [0.29, 0.717) is 47.3 Å². The molecule has 7 nitrogen and oxygen atoms in total. The molecule has 9 heteroatoms. The Kier molecular flexibility index (Phi) is 7.69. The van der Waals surface area contributed by atoms with Gasteiger partial charge in [-0.15, -0.1) is 10.2 Å². The van der Waals surface area contributed by atoms with Crippen molar-refractivity contribution in [1.82, 2.24) is 14.8 Å². The van der Waals surface area contributed by atoms with Crippen molar-refractivity contribution >= 4 is 33.5 Å². The van der Waals surface area contributed by atoms with Crippen molar-refractivity contribution in [2.75, 3.05) is 10.8 Å². The molecule has 3 rings (SSSR count). The first-order chi connectivity index (χ1) is 15.3. The summed E-state index contributed by atoms with van der Waals surface area (Å²) in [5, 5.41) is 16.6. The van der Waals surface area contributed by atoms with Crippen LogP contribution in [-0.2, 0) is 10.0 Å². The summed E-state index contributed by atoms with van der Waals surface area (Å²) in [4.78, 5) is 0.229. The third-order valence-corrected chi connectivity index (χ3v) is 7.34. The average molecular weight is 474 g/mol. The average Bonchev–Trinajstić information content (AvgIpc) is 3.16. The molecule has 1 N–H and O–H groups in total. The molecule has 1 unspecified atom stereocenters. The number of hydrogen-bond acceptors (Lipinski definition) is 5. The molecule has 170 valence electrons. The van der Waals surface area contributed by atoms with Gasteiger partial charge in [-0.05, 0) is 56.8 Å². The standard InChI is InChI=1S/C23H28ClN5O2S/c1-4-5-15-28(32(30,31)20-9-7-6-8-10-20)22-12-11-19(24)16-21(22)23-27-26-18(3)29(23)17(2)13-14-25/h6-12,14,16-17,25H,4-5,13,15H2,1-3H3. The van der Waals surface area contributed by atoms with Crippen LogP contribution in [-0.4, -0.2) is 35.9 Å². The summed E-state index contributed by atoms with van der Waals surface area (Å²) in [7, 11) is -3.81. The molecular weight excluding hydrogens is 446 g/mol. The normalized spacial score (nSPS) is 12.5. The van der Waals surface area contributed by atoms with Gasteiger partial charge >= 0.3 is 0 Å². The zero-order valence-electron chi connectivity index (χ0n) is 18.5. The highest BCUT2D eigenvalue weighted by atomic mass is 35.5. The molecule has 0 saturated carbocycles. The van der Waals surface area contributed by atoms with E-state index < -0.39 is 10.0 Å². The van der Waals surface area contributed by atoms with Gasteiger partial charge in [-0.25, -0.2) is 8.42 Å². The summed E-state index contributed by atoms with van der Waals surface area (Å²) in [6.45, 7) is 6.17. The molecule has 3 aromatic rings. The molecule has 0 amide bonds. The quantitative estimate of drug-likeness (QED) is 0.393. The fourth-order valence-corrected chi connectivity index (χ4v) is 5.37. The second-order valence-corrected chi connectivity index (χ2v) is 9.93. The molecule has 0 saturated heterocycles. The topological polar surface area (TPSA) is 91.9 Å². The van der Waals surface area contributed by atoms with Gasteiger partial charge < -0.3 is 9.98 Å². The summed E-state index contributed by atoms with van der Waals surface area (Å²) >= 11 is 6.35. The molecule has 32 heavy (non-hydrogen) atoms. The smallest absolute Gasteiger partial charge is 0.264 e. The number of halogens is 1. The van der Waals surface area contributed by atoms with E-state index >= 15 is 0 Å². The van der Waals surface area contributed by atoms with E-state index in [1.165, 1.54) is 10.5 Å². The van der Waals surface area contributed by atoms with Crippen LogP contribution in [0.15, 0.2) is 53.4 Å². The van der Waals surface area contributed by atoms with Gasteiger partial charge in [0.1, 0.15) is 5.82 Å². The van der Waals surface area contributed by atoms with Gasteiger partial charge in [0, 0.05) is 29.6 Å². The second kappa shape index (κ2) is 10.3. The Bertz CT molecular complexity index is 1180. The van der Waals surface area contributed by atoms with E-state index in [4.69, 9.17) is 17.0 Å². The van der Waals surface area contributed by atoms with Gasteiger partial charge in [0.2, 0.25) is 0 Å². The van der Waals surface area contributed by atoms with Crippen LogP contribution >= 0.6 is 11.6 Å². The predicted molar refractivity (Wildman–Crippen MR) is 129 cm³/mol. The number of hydrogen-bond donors (Lipinski definition) is 1. The van der Waals surface area contributed by atoms with E-state index in [0.717, 1.165) is 6.42 Å². The van der Waals surface area contributed by atoms with Gasteiger partial charge in [0.05, 0.1) is 10.6 Å². The van der Waals surface area contributed by atoms with Crippen molar-refractivity contribution in [3.63, 3.8) is 0 Å². The molecule has 1 aromatic heterocycles. The van der Waals surface area contributed by atoms with Crippen molar-refractivity contribution in [2.24, 2.45) is 0 Å². The number of nitrogens with zero attached hydrogens (tertiary/aromatic N) is 4. The van der Waals surface area contributed by atoms with E-state index in [-0.39, 0.29) is 10.9 Å². The Balaban J connectivity index is 2.23. The maximum atomic E-state index is 13.7. The molecular formula is C23H28ClN5O2S. The molecule has 0 aliphatic carbocycles. The molecule has 2 aromatic carbocycles. The van der Waals surface area contributed by atoms with Crippen molar-refractivity contribution in [1.29, 1.82) is 5.41 Å². The number of benzene rings is 2. The van der Waals surface area contributed by atoms with Gasteiger partial charge in [0.15, 0.2) is 5.82 Å². The Morgan fingerprint density at radius 2 is 1.91 bits per heavy atom. The number of anilines is 1. The van der Waals surface area contributed by atoms with Crippen molar-refractivity contribution in [3.05, 3.63) is 59.4 Å². The van der Waals surface area contributed by atoms with Crippen molar-refractivity contribution < 1.29 is 8.42 Å². The Hall–Kier alpha value is -2.71. The lowest BCUT2D eigenvalue weighted by molar-refractivity contribution is 0.560. The number of nitrogens with one attached hydrogen (secondary N) is 1. The Morgan fingerprint density at radius 3 is 2.56 bits per heavy atom. The SMILES string of the molecule is CCCCN(c1ccc(Cl)cc1-c1nnc(C)n1C(C)CC=N)S(=O)(=O)c1ccccc1. The number of sulfonamides is 1. The largest absolute Gasteiger partial charge is 0.313 e. The molecule has 0 aliphatic rings. The molecule has 0 spiro atoms. The third-order valence-electron chi connectivity index (χ3n) is 5.28. The molecule has 0 fully saturated rings. The van der Waals surface area contributed by atoms with Crippen LogP contribution in [0.2, 0.25) is 5.02 Å². The zero-order valence-corrected chi connectivity index (χ0v) is 20.1. The highest BCUT2D eigenvalue weighted by Crippen LogP contribution is 2.37. The molecule has 0 aliphatic heterocycles. The lowest BCUT2D eigenvalue weighted by atomic mass is 10.1. The van der Waals surface area contributed by atoms with Crippen molar-refractivity contribution in [2.45, 2.75) is 51.0 Å². The Labute approximate surface area is 194 Å². The number of unbranched alkanes of at least 4 members (excludes halogenated alkanes) is 1. The van der Waals surface area contributed by atoms with Crippen LogP contribution in [0.3, 0.4) is 0 Å². The number of aromatic nitrogens is 3. The van der Waals surface area contributed by atoms with E-state index in [2.05, 4.69) is 10.2 Å². The highest BCUT2D eigenvalue weighted by Gasteiger charge is 2.29. The lowest BCUT2D eigenvalue weighted by Crippen LogP contribution is -2.32. The highest BCUT2D eigenvalue weighted by molar-refractivity contribution is 7.92. The Morgan fingerprint density at radius 1 is 1.19 bits per heavy atom. The monoisotopic (exact) mass is 473 g/mol. The summed E-state index contributed by atoms with van der Waals surface area (Å²) in [5.41, 5.74) is 1.09. The minimum Gasteiger partial charge on any atom is -0.313 e. The van der Waals surface area contributed by atoms with Crippen LogP contribution < -0.4 is 4.31 Å². The zero-order chi connectivity index (χ0) is 23.3. The van der Waals surface area contributed by atoms with Gasteiger partial charge in [-0.1, -0.05) is 43.1 Å². The van der Waals surface area contributed by atoms with Crippen molar-refractivity contribution in [3.8, 4) is 11.4 Å². The minimum atomic E-state index is -3.81. The summed E-state index contributed by atoms with van der Waals surface area (Å²) in [6.07, 6.45) is 3.39. The third kappa shape index (κ3) is 4.86. The fourth-order valence-electron chi connectivity index (χ4n) is 3.65. The summed E-state index contributed by atoms with van der Waals surface area (Å²) in [6, 6.07) is 13.5. The second-order valence-electron chi connectivity index (χ2n) is 7.63. The first-order valence-electron chi connectivity index (χ1n) is 10.6. The van der Waals surface area contributed by atoms with Gasteiger partial charge in [0.25, 0.3) is 10.0 Å². The van der Waals surface area contributed by atoms with Crippen LogP contribution in [0.25, 0.3) is 11.4 Å². The maximum Gasteiger partial charge on any atom is 0.264 e. The van der Waals surface area contributed by atoms with Crippen LogP contribution in [0.1, 0.15) is 45.0 Å². The number of rotatable bonds is 10. The van der Waals surface area contributed by atoms with Gasteiger partial charge in [-0.3, -0.25) is 4.31 Å². The van der Waals surface area contributed by atoms with Gasteiger partial charge in [-0.2, -0.15) is 0 Å². The van der Waals surface area contributed by atoms with E-state index in [1.807, 2.05) is 25.3 Å². The number of aryl methyl sites for hydroxylation is 1. The predicted octanol–water partition coefficient (Wildman–Crippen LogP) is 5.50. The van der Waals surface area contributed by atoms with Crippen LogP contribution in [0.5, 0.6) is 0 Å². The lowest BCUT2D eigenvalue weighted by Gasteiger charge is -2.27. The first kappa shape index (κ1) is 23.9. The van der Waals surface area contributed by atoms with Crippen LogP contribution in [0, 0.1) is 12.3 Å². The minimum absolute atomic E-state index is 0.0702. The van der Waals surface area contributed by atoms with E-state index in [1.54, 1.807) is 48.5 Å². The first-order valence-corrected chi connectivity index (χ1v) is 12.4. The molecule has 1 atom stereocenters. The molecule has 0 radical (unpaired) electrons. The maximum absolute atomic E-state index is 13.7.